The molecule has 1 heterocycles. The predicted molar refractivity (Wildman–Crippen MR) is 91.8 cm³/mol. The summed E-state index contributed by atoms with van der Waals surface area (Å²) in [5.41, 5.74) is 1.41. The average Bonchev–Trinajstić information content (AvgIpc) is 2.54. The van der Waals surface area contributed by atoms with Crippen molar-refractivity contribution in [2.45, 2.75) is 44.6 Å². The van der Waals surface area contributed by atoms with Crippen LogP contribution in [0.2, 0.25) is 0 Å². The van der Waals surface area contributed by atoms with Gasteiger partial charge < -0.3 is 10.2 Å². The number of hydrogen-bond acceptors (Lipinski definition) is 2. The largest absolute Gasteiger partial charge is 0.352 e. The van der Waals surface area contributed by atoms with Crippen molar-refractivity contribution in [1.29, 1.82) is 0 Å². The van der Waals surface area contributed by atoms with Gasteiger partial charge in [0, 0.05) is 19.0 Å². The first-order valence-corrected chi connectivity index (χ1v) is 8.44. The lowest BCUT2D eigenvalue weighted by atomic mass is 10.0. The molecule has 1 aromatic carbocycles. The van der Waals surface area contributed by atoms with Gasteiger partial charge in [0.1, 0.15) is 0 Å². The summed E-state index contributed by atoms with van der Waals surface area (Å²) in [5.74, 6) is 0.163. The summed E-state index contributed by atoms with van der Waals surface area (Å²) in [4.78, 5) is 14.3. The number of carbonyl (C=O) groups is 1. The fraction of sp³-hybridized carbons (Fsp3) is 0.526. The Hall–Kier alpha value is -1.61. The van der Waals surface area contributed by atoms with Crippen molar-refractivity contribution in [1.82, 2.24) is 10.2 Å². The SMILES string of the molecule is C=CCCC(=O)NC1CCCN(CCCc2ccccc2)C1. The number of piperidine rings is 1. The van der Waals surface area contributed by atoms with E-state index in [2.05, 4.69) is 47.1 Å². The molecule has 1 aliphatic rings. The number of amides is 1. The predicted octanol–water partition coefficient (Wildman–Crippen LogP) is 3.17. The van der Waals surface area contributed by atoms with E-state index in [1.165, 1.54) is 18.4 Å². The standard InChI is InChI=1S/C19H28N2O/c1-2-3-13-19(22)20-18-12-8-15-21(16-18)14-7-11-17-9-5-4-6-10-17/h2,4-6,9-10,18H,1,3,7-8,11-16H2,(H,20,22). The molecular weight excluding hydrogens is 272 g/mol. The van der Waals surface area contributed by atoms with Gasteiger partial charge in [-0.2, -0.15) is 0 Å². The van der Waals surface area contributed by atoms with E-state index in [1.54, 1.807) is 6.08 Å². The van der Waals surface area contributed by atoms with Crippen LogP contribution < -0.4 is 5.32 Å². The maximum Gasteiger partial charge on any atom is 0.220 e. The second kappa shape index (κ2) is 9.42. The van der Waals surface area contributed by atoms with Gasteiger partial charge in [-0.15, -0.1) is 6.58 Å². The summed E-state index contributed by atoms with van der Waals surface area (Å²) < 4.78 is 0. The van der Waals surface area contributed by atoms with Gasteiger partial charge in [0.25, 0.3) is 0 Å². The number of likely N-dealkylation sites (tertiary alicyclic amines) is 1. The molecule has 3 heteroatoms. The quantitative estimate of drug-likeness (QED) is 0.748. The number of hydrogen-bond donors (Lipinski definition) is 1. The van der Waals surface area contributed by atoms with Gasteiger partial charge in [0.05, 0.1) is 0 Å². The maximum absolute atomic E-state index is 11.8. The molecule has 1 saturated heterocycles. The van der Waals surface area contributed by atoms with Crippen molar-refractivity contribution in [3.8, 4) is 0 Å². The van der Waals surface area contributed by atoms with Crippen LogP contribution in [0.15, 0.2) is 43.0 Å². The van der Waals surface area contributed by atoms with Crippen LogP contribution >= 0.6 is 0 Å². The zero-order valence-corrected chi connectivity index (χ0v) is 13.5. The Bertz CT molecular complexity index is 458. The summed E-state index contributed by atoms with van der Waals surface area (Å²) in [6.07, 6.45) is 7.73. The van der Waals surface area contributed by atoms with E-state index >= 15 is 0 Å². The highest BCUT2D eigenvalue weighted by atomic mass is 16.1. The number of allylic oxidation sites excluding steroid dienone is 1. The third-order valence-electron chi connectivity index (χ3n) is 4.23. The Kier molecular flexibility index (Phi) is 7.17. The van der Waals surface area contributed by atoms with Gasteiger partial charge >= 0.3 is 0 Å². The van der Waals surface area contributed by atoms with Crippen LogP contribution in [0.5, 0.6) is 0 Å². The topological polar surface area (TPSA) is 32.3 Å². The summed E-state index contributed by atoms with van der Waals surface area (Å²) >= 11 is 0. The zero-order valence-electron chi connectivity index (χ0n) is 13.5. The average molecular weight is 300 g/mol. The van der Waals surface area contributed by atoms with Crippen molar-refractivity contribution >= 4 is 5.91 Å². The van der Waals surface area contributed by atoms with E-state index in [0.29, 0.717) is 12.5 Å². The molecule has 1 aromatic rings. The van der Waals surface area contributed by atoms with E-state index < -0.39 is 0 Å². The Morgan fingerprint density at radius 2 is 2.18 bits per heavy atom. The summed E-state index contributed by atoms with van der Waals surface area (Å²) in [6, 6.07) is 11.0. The van der Waals surface area contributed by atoms with Crippen molar-refractivity contribution in [3.63, 3.8) is 0 Å². The van der Waals surface area contributed by atoms with Crippen LogP contribution in [0.1, 0.15) is 37.7 Å². The molecule has 1 atom stereocenters. The Morgan fingerprint density at radius 1 is 1.36 bits per heavy atom. The third-order valence-corrected chi connectivity index (χ3v) is 4.23. The van der Waals surface area contributed by atoms with E-state index in [4.69, 9.17) is 0 Å². The molecule has 0 aromatic heterocycles. The number of nitrogens with zero attached hydrogens (tertiary/aromatic N) is 1. The van der Waals surface area contributed by atoms with Gasteiger partial charge in [-0.05, 0) is 50.8 Å². The first kappa shape index (κ1) is 16.8. The molecule has 3 nitrogen and oxygen atoms in total. The smallest absolute Gasteiger partial charge is 0.220 e. The molecule has 2 rings (SSSR count). The number of carbonyl (C=O) groups excluding carboxylic acids is 1. The van der Waals surface area contributed by atoms with Crippen LogP contribution in [-0.2, 0) is 11.2 Å². The molecule has 1 fully saturated rings. The van der Waals surface area contributed by atoms with Gasteiger partial charge in [0.15, 0.2) is 0 Å². The van der Waals surface area contributed by atoms with Gasteiger partial charge in [-0.1, -0.05) is 36.4 Å². The highest BCUT2D eigenvalue weighted by Crippen LogP contribution is 2.12. The van der Waals surface area contributed by atoms with Crippen molar-refractivity contribution in [2.75, 3.05) is 19.6 Å². The zero-order chi connectivity index (χ0) is 15.6. The molecule has 1 amide bonds. The first-order chi connectivity index (χ1) is 10.8. The van der Waals surface area contributed by atoms with E-state index in [1.807, 2.05) is 0 Å². The second-order valence-electron chi connectivity index (χ2n) is 6.12. The van der Waals surface area contributed by atoms with Gasteiger partial charge in [-0.3, -0.25) is 4.79 Å². The molecule has 1 aliphatic heterocycles. The van der Waals surface area contributed by atoms with E-state index in [9.17, 15) is 4.79 Å². The lowest BCUT2D eigenvalue weighted by Gasteiger charge is -2.33. The number of aryl methyl sites for hydroxylation is 1. The van der Waals surface area contributed by atoms with Crippen molar-refractivity contribution in [2.24, 2.45) is 0 Å². The van der Waals surface area contributed by atoms with Crippen molar-refractivity contribution in [3.05, 3.63) is 48.6 Å². The summed E-state index contributed by atoms with van der Waals surface area (Å²) in [6.45, 7) is 6.94. The first-order valence-electron chi connectivity index (χ1n) is 8.44. The Labute approximate surface area is 134 Å². The Morgan fingerprint density at radius 3 is 2.95 bits per heavy atom. The van der Waals surface area contributed by atoms with E-state index in [0.717, 1.165) is 38.9 Å². The number of rotatable bonds is 8. The monoisotopic (exact) mass is 300 g/mol. The fourth-order valence-electron chi connectivity index (χ4n) is 3.06. The molecule has 0 bridgehead atoms. The van der Waals surface area contributed by atoms with E-state index in [-0.39, 0.29) is 5.91 Å². The Balaban J connectivity index is 1.67. The fourth-order valence-corrected chi connectivity index (χ4v) is 3.06. The second-order valence-corrected chi connectivity index (χ2v) is 6.12. The minimum absolute atomic E-state index is 0.163. The normalized spacial score (nSPS) is 18.8. The molecular formula is C19H28N2O. The molecule has 0 spiro atoms. The highest BCUT2D eigenvalue weighted by molar-refractivity contribution is 5.76. The van der Waals surface area contributed by atoms with Crippen LogP contribution in [0.3, 0.4) is 0 Å². The molecule has 0 aliphatic carbocycles. The van der Waals surface area contributed by atoms with Gasteiger partial charge in [-0.25, -0.2) is 0 Å². The highest BCUT2D eigenvalue weighted by Gasteiger charge is 2.20. The third kappa shape index (κ3) is 6.02. The van der Waals surface area contributed by atoms with Crippen molar-refractivity contribution < 1.29 is 4.79 Å². The van der Waals surface area contributed by atoms with Crippen LogP contribution in [0.4, 0.5) is 0 Å². The summed E-state index contributed by atoms with van der Waals surface area (Å²) in [5, 5.41) is 3.16. The lowest BCUT2D eigenvalue weighted by molar-refractivity contribution is -0.122. The lowest BCUT2D eigenvalue weighted by Crippen LogP contribution is -2.47. The molecule has 1 unspecified atom stereocenters. The van der Waals surface area contributed by atoms with Crippen LogP contribution in [0.25, 0.3) is 0 Å². The molecule has 120 valence electrons. The molecule has 0 radical (unpaired) electrons. The number of benzene rings is 1. The minimum Gasteiger partial charge on any atom is -0.352 e. The van der Waals surface area contributed by atoms with Crippen LogP contribution in [-0.4, -0.2) is 36.5 Å². The molecule has 0 saturated carbocycles. The maximum atomic E-state index is 11.8. The van der Waals surface area contributed by atoms with Gasteiger partial charge in [0.2, 0.25) is 5.91 Å². The summed E-state index contributed by atoms with van der Waals surface area (Å²) in [7, 11) is 0. The minimum atomic E-state index is 0.163. The van der Waals surface area contributed by atoms with Crippen LogP contribution in [0, 0.1) is 0 Å². The molecule has 1 N–H and O–H groups in total. The molecule has 22 heavy (non-hydrogen) atoms. The number of nitrogens with one attached hydrogen (secondary N) is 1.